The summed E-state index contributed by atoms with van der Waals surface area (Å²) in [5, 5.41) is 15.2. The van der Waals surface area contributed by atoms with Crippen LogP contribution in [0.3, 0.4) is 0 Å². The van der Waals surface area contributed by atoms with Gasteiger partial charge in [-0.3, -0.25) is 15.1 Å². The maximum Gasteiger partial charge on any atom is 0.282 e. The van der Waals surface area contributed by atoms with Crippen LogP contribution in [-0.4, -0.2) is 22.8 Å². The zero-order valence-electron chi connectivity index (χ0n) is 15.9. The zero-order valence-corrected chi connectivity index (χ0v) is 16.7. The van der Waals surface area contributed by atoms with Crippen molar-refractivity contribution in [3.63, 3.8) is 0 Å². The van der Waals surface area contributed by atoms with Gasteiger partial charge in [0.05, 0.1) is 17.7 Å². The molecule has 1 saturated carbocycles. The molecule has 0 saturated heterocycles. The van der Waals surface area contributed by atoms with Crippen LogP contribution < -0.4 is 16.8 Å². The first-order chi connectivity index (χ1) is 13.4. The average Bonchev–Trinajstić information content (AvgIpc) is 2.67. The van der Waals surface area contributed by atoms with Gasteiger partial charge in [0.2, 0.25) is 0 Å². The van der Waals surface area contributed by atoms with Crippen LogP contribution in [0.1, 0.15) is 44.1 Å². The third kappa shape index (κ3) is 4.90. The monoisotopic (exact) mass is 405 g/mol. The van der Waals surface area contributed by atoms with E-state index in [9.17, 15) is 10.1 Å². The molecule has 1 aromatic carbocycles. The molecule has 1 fully saturated rings. The molecule has 1 aliphatic heterocycles. The van der Waals surface area contributed by atoms with E-state index in [-0.39, 0.29) is 10.6 Å². The molecule has 5 N–H and O–H groups in total. The molecule has 2 aliphatic rings. The van der Waals surface area contributed by atoms with Crippen molar-refractivity contribution in [1.29, 1.82) is 0 Å². The van der Waals surface area contributed by atoms with Gasteiger partial charge < -0.3 is 16.8 Å². The van der Waals surface area contributed by atoms with Crippen molar-refractivity contribution in [2.24, 2.45) is 28.3 Å². The molecule has 0 bridgehead atoms. The van der Waals surface area contributed by atoms with Crippen LogP contribution in [0, 0.1) is 22.0 Å². The molecule has 152 valence electrons. The lowest BCUT2D eigenvalue weighted by Gasteiger charge is -2.36. The highest BCUT2D eigenvalue weighted by atomic mass is 35.5. The first kappa shape index (κ1) is 20.8. The van der Waals surface area contributed by atoms with E-state index in [0.717, 1.165) is 31.2 Å². The molecule has 0 radical (unpaired) electrons. The van der Waals surface area contributed by atoms with Crippen molar-refractivity contribution >= 4 is 17.4 Å². The van der Waals surface area contributed by atoms with Crippen molar-refractivity contribution in [3.05, 3.63) is 56.9 Å². The van der Waals surface area contributed by atoms with Crippen molar-refractivity contribution in [3.8, 4) is 0 Å². The van der Waals surface area contributed by atoms with Crippen LogP contribution in [0.25, 0.3) is 0 Å². The van der Waals surface area contributed by atoms with E-state index in [0.29, 0.717) is 48.6 Å². The third-order valence-electron chi connectivity index (χ3n) is 5.92. The van der Waals surface area contributed by atoms with Crippen LogP contribution >= 0.6 is 11.6 Å². The smallest absolute Gasteiger partial charge is 0.282 e. The predicted molar refractivity (Wildman–Crippen MR) is 111 cm³/mol. The highest BCUT2D eigenvalue weighted by Gasteiger charge is 2.44. The zero-order chi connectivity index (χ0) is 20.1. The summed E-state index contributed by atoms with van der Waals surface area (Å²) in [5.41, 5.74) is 12.3. The van der Waals surface area contributed by atoms with Gasteiger partial charge in [0.25, 0.3) is 5.70 Å². The molecule has 1 aliphatic carbocycles. The van der Waals surface area contributed by atoms with Crippen molar-refractivity contribution < 1.29 is 4.92 Å². The van der Waals surface area contributed by atoms with E-state index < -0.39 is 5.54 Å². The molecule has 8 heteroatoms. The second-order valence-electron chi connectivity index (χ2n) is 7.94. The summed E-state index contributed by atoms with van der Waals surface area (Å²) in [4.78, 5) is 15.8. The summed E-state index contributed by atoms with van der Waals surface area (Å²) >= 11 is 6.19. The standard InChI is InChI=1S/C20H28ClN5O2/c21-17-4-2-1-3-16(17)12-24-19-10-20(23,18(13-25-19)26(27)28)9-14-5-7-15(11-22)8-6-14/h1-4,13-15H,5-12,22-23H2,(H,24,25). The minimum Gasteiger partial charge on any atom is -0.345 e. The molecule has 1 unspecified atom stereocenters. The summed E-state index contributed by atoms with van der Waals surface area (Å²) in [6.07, 6.45) is 6.49. The van der Waals surface area contributed by atoms with Gasteiger partial charge >= 0.3 is 0 Å². The average molecular weight is 406 g/mol. The van der Waals surface area contributed by atoms with E-state index in [4.69, 9.17) is 23.1 Å². The summed E-state index contributed by atoms with van der Waals surface area (Å²) in [7, 11) is 0. The molecular formula is C20H28ClN5O2. The Bertz CT molecular complexity index is 774. The molecule has 1 aromatic rings. The van der Waals surface area contributed by atoms with E-state index in [1.807, 2.05) is 24.3 Å². The van der Waals surface area contributed by atoms with Gasteiger partial charge in [0.15, 0.2) is 0 Å². The Morgan fingerprint density at radius 2 is 1.93 bits per heavy atom. The fourth-order valence-electron chi connectivity index (χ4n) is 4.24. The Hall–Kier alpha value is -1.96. The number of nitrogens with zero attached hydrogens (tertiary/aromatic N) is 2. The first-order valence-corrected chi connectivity index (χ1v) is 10.2. The summed E-state index contributed by atoms with van der Waals surface area (Å²) in [6.45, 7) is 1.12. The Morgan fingerprint density at radius 3 is 2.57 bits per heavy atom. The SMILES string of the molecule is NCC1CCC(CC2(N)CC(=NCc3ccccc3Cl)NC=C2[N+](=O)[O-])CC1. The minimum absolute atomic E-state index is 0.0325. The number of amidine groups is 1. The van der Waals surface area contributed by atoms with E-state index in [1.54, 1.807) is 0 Å². The molecule has 28 heavy (non-hydrogen) atoms. The van der Waals surface area contributed by atoms with Gasteiger partial charge in [-0.05, 0) is 49.3 Å². The highest BCUT2D eigenvalue weighted by molar-refractivity contribution is 6.31. The number of rotatable bonds is 6. The normalized spacial score (nSPS) is 29.2. The van der Waals surface area contributed by atoms with Crippen molar-refractivity contribution in [1.82, 2.24) is 5.32 Å². The quantitative estimate of drug-likeness (QED) is 0.495. The number of nitro groups is 1. The lowest BCUT2D eigenvalue weighted by atomic mass is 9.73. The van der Waals surface area contributed by atoms with Gasteiger partial charge in [0.1, 0.15) is 11.4 Å². The number of aliphatic imine (C=N–C) groups is 1. The molecule has 0 amide bonds. The number of halogens is 1. The Morgan fingerprint density at radius 1 is 1.25 bits per heavy atom. The fourth-order valence-corrected chi connectivity index (χ4v) is 4.44. The number of nitrogens with one attached hydrogen (secondary N) is 1. The number of hydrogen-bond acceptors (Lipinski definition) is 5. The largest absolute Gasteiger partial charge is 0.345 e. The molecule has 1 atom stereocenters. The van der Waals surface area contributed by atoms with Crippen molar-refractivity contribution in [2.75, 3.05) is 6.54 Å². The molecule has 7 nitrogen and oxygen atoms in total. The van der Waals surface area contributed by atoms with Crippen LogP contribution in [-0.2, 0) is 6.54 Å². The van der Waals surface area contributed by atoms with Crippen molar-refractivity contribution in [2.45, 2.75) is 50.6 Å². The van der Waals surface area contributed by atoms with Gasteiger partial charge in [-0.25, -0.2) is 0 Å². The molecular weight excluding hydrogens is 378 g/mol. The Balaban J connectivity index is 1.73. The molecule has 1 heterocycles. The van der Waals surface area contributed by atoms with E-state index in [1.165, 1.54) is 6.20 Å². The van der Waals surface area contributed by atoms with Crippen LogP contribution in [0.2, 0.25) is 5.02 Å². The number of nitrogens with two attached hydrogens (primary N) is 2. The summed E-state index contributed by atoms with van der Waals surface area (Å²) < 4.78 is 0. The summed E-state index contributed by atoms with van der Waals surface area (Å²) in [5.74, 6) is 1.60. The highest BCUT2D eigenvalue weighted by Crippen LogP contribution is 2.37. The van der Waals surface area contributed by atoms with E-state index in [2.05, 4.69) is 10.3 Å². The van der Waals surface area contributed by atoms with Gasteiger partial charge in [0, 0.05) is 11.4 Å². The van der Waals surface area contributed by atoms with Gasteiger partial charge in [-0.15, -0.1) is 0 Å². The Labute approximate surface area is 170 Å². The molecule has 0 aromatic heterocycles. The topological polar surface area (TPSA) is 120 Å². The number of benzene rings is 1. The number of hydrogen-bond donors (Lipinski definition) is 3. The Kier molecular flexibility index (Phi) is 6.69. The second-order valence-corrected chi connectivity index (χ2v) is 8.35. The molecule has 0 spiro atoms. The predicted octanol–water partition coefficient (Wildman–Crippen LogP) is 3.20. The minimum atomic E-state index is -1.02. The summed E-state index contributed by atoms with van der Waals surface area (Å²) in [6, 6.07) is 7.51. The first-order valence-electron chi connectivity index (χ1n) is 9.78. The van der Waals surface area contributed by atoms with Crippen LogP contribution in [0.5, 0.6) is 0 Å². The van der Waals surface area contributed by atoms with E-state index >= 15 is 0 Å². The van der Waals surface area contributed by atoms with Gasteiger partial charge in [-0.2, -0.15) is 0 Å². The maximum atomic E-state index is 11.6. The maximum absolute atomic E-state index is 11.6. The lowest BCUT2D eigenvalue weighted by molar-refractivity contribution is -0.436. The third-order valence-corrected chi connectivity index (χ3v) is 6.28. The lowest BCUT2D eigenvalue weighted by Crippen LogP contribution is -2.52. The fraction of sp³-hybridized carbons (Fsp3) is 0.550. The second kappa shape index (κ2) is 9.03. The van der Waals surface area contributed by atoms with Crippen LogP contribution in [0.15, 0.2) is 41.2 Å². The van der Waals surface area contributed by atoms with Crippen LogP contribution in [0.4, 0.5) is 0 Å². The molecule has 3 rings (SSSR count). The van der Waals surface area contributed by atoms with Gasteiger partial charge in [-0.1, -0.05) is 42.6 Å².